The number of hydrogen-bond acceptors (Lipinski definition) is 4. The average molecular weight is 362 g/mol. The summed E-state index contributed by atoms with van der Waals surface area (Å²) in [7, 11) is 1.52. The summed E-state index contributed by atoms with van der Waals surface area (Å²) < 4.78 is 18.0. The zero-order valence-electron chi connectivity index (χ0n) is 14.0. The van der Waals surface area contributed by atoms with Gasteiger partial charge in [0, 0.05) is 20.2 Å². The number of halogens is 1. The molecule has 1 aliphatic heterocycles. The quantitative estimate of drug-likeness (QED) is 0.579. The van der Waals surface area contributed by atoms with Gasteiger partial charge in [-0.2, -0.15) is 0 Å². The van der Waals surface area contributed by atoms with E-state index in [0.717, 1.165) is 5.56 Å². The minimum absolute atomic E-state index is 0. The van der Waals surface area contributed by atoms with Crippen molar-refractivity contribution in [1.29, 1.82) is 0 Å². The second-order valence-corrected chi connectivity index (χ2v) is 5.52. The molecule has 0 aliphatic carbocycles. The van der Waals surface area contributed by atoms with Crippen LogP contribution in [-0.2, 0) is 16.0 Å². The van der Waals surface area contributed by atoms with Crippen molar-refractivity contribution in [2.45, 2.75) is 31.4 Å². The molecule has 1 aromatic rings. The van der Waals surface area contributed by atoms with Gasteiger partial charge >= 0.3 is 57.4 Å². The van der Waals surface area contributed by atoms with E-state index in [1.54, 1.807) is 12.1 Å². The molecule has 1 saturated heterocycles. The predicted octanol–water partition coefficient (Wildman–Crippen LogP) is -2.69. The van der Waals surface area contributed by atoms with E-state index in [4.69, 9.17) is 4.74 Å². The molecule has 1 aromatic carbocycles. The van der Waals surface area contributed by atoms with Crippen molar-refractivity contribution in [3.8, 4) is 0 Å². The molecule has 6 nitrogen and oxygen atoms in total. The van der Waals surface area contributed by atoms with Crippen molar-refractivity contribution < 1.29 is 75.2 Å². The number of carboxylic acid groups (broad SMARTS) is 1. The normalized spacial score (nSPS) is 20.2. The molecule has 0 radical (unpaired) electrons. The first-order valence-corrected chi connectivity index (χ1v) is 7.54. The zero-order valence-corrected chi connectivity index (χ0v) is 17.1. The first kappa shape index (κ1) is 21.5. The fourth-order valence-corrected chi connectivity index (χ4v) is 2.68. The van der Waals surface area contributed by atoms with E-state index in [-0.39, 0.29) is 69.7 Å². The van der Waals surface area contributed by atoms with Crippen LogP contribution >= 0.6 is 0 Å². The topological polar surface area (TPSA) is 81.7 Å². The van der Waals surface area contributed by atoms with Gasteiger partial charge in [0.2, 0.25) is 0 Å². The number of piperidine rings is 1. The molecule has 0 bridgehead atoms. The van der Waals surface area contributed by atoms with Gasteiger partial charge in [0.1, 0.15) is 5.82 Å². The third-order valence-corrected chi connectivity index (χ3v) is 4.02. The second kappa shape index (κ2) is 10.5. The van der Waals surface area contributed by atoms with Crippen molar-refractivity contribution in [3.63, 3.8) is 0 Å². The fourth-order valence-electron chi connectivity index (χ4n) is 2.68. The molecule has 2 amide bonds. The van der Waals surface area contributed by atoms with Crippen molar-refractivity contribution in [1.82, 2.24) is 10.2 Å². The Morgan fingerprint density at radius 3 is 2.62 bits per heavy atom. The first-order valence-electron chi connectivity index (χ1n) is 7.54. The minimum atomic E-state index is -1.28. The van der Waals surface area contributed by atoms with Gasteiger partial charge < -0.3 is 24.9 Å². The largest absolute Gasteiger partial charge is 1.00 e. The van der Waals surface area contributed by atoms with E-state index in [0.29, 0.717) is 25.9 Å². The third-order valence-electron chi connectivity index (χ3n) is 4.02. The molecule has 2 atom stereocenters. The molecule has 0 saturated carbocycles. The Hall–Kier alpha value is -0.514. The van der Waals surface area contributed by atoms with Crippen molar-refractivity contribution in [2.75, 3.05) is 20.2 Å². The number of nitrogens with zero attached hydrogens (tertiary/aromatic N) is 1. The van der Waals surface area contributed by atoms with E-state index in [9.17, 15) is 19.1 Å². The molecule has 126 valence electrons. The Kier molecular flexibility index (Phi) is 9.39. The van der Waals surface area contributed by atoms with E-state index >= 15 is 0 Å². The van der Waals surface area contributed by atoms with Gasteiger partial charge in [-0.1, -0.05) is 12.1 Å². The fraction of sp³-hybridized carbons (Fsp3) is 0.500. The molecule has 2 unspecified atom stereocenters. The van der Waals surface area contributed by atoms with Crippen LogP contribution in [-0.4, -0.2) is 49.2 Å². The molecule has 2 rings (SSSR count). The Morgan fingerprint density at radius 2 is 2.04 bits per heavy atom. The second-order valence-electron chi connectivity index (χ2n) is 5.52. The zero-order chi connectivity index (χ0) is 16.8. The summed E-state index contributed by atoms with van der Waals surface area (Å²) >= 11 is 0. The molecule has 0 spiro atoms. The number of rotatable bonds is 5. The number of likely N-dealkylation sites (tertiary alicyclic amines) is 1. The summed E-state index contributed by atoms with van der Waals surface area (Å²) in [5.41, 5.74) is 0.890. The van der Waals surface area contributed by atoms with E-state index in [1.165, 1.54) is 24.1 Å². The van der Waals surface area contributed by atoms with Gasteiger partial charge in [-0.3, -0.25) is 0 Å². The third kappa shape index (κ3) is 6.09. The maximum atomic E-state index is 12.8. The summed E-state index contributed by atoms with van der Waals surface area (Å²) in [6, 6.07) is 4.60. The summed E-state index contributed by atoms with van der Waals surface area (Å²) in [5, 5.41) is 13.9. The number of methoxy groups -OCH3 is 1. The summed E-state index contributed by atoms with van der Waals surface area (Å²) in [6.07, 6.45) is 1.17. The summed E-state index contributed by atoms with van der Waals surface area (Å²) in [4.78, 5) is 24.7. The number of nitrogens with one attached hydrogen (secondary N) is 1. The van der Waals surface area contributed by atoms with Crippen molar-refractivity contribution in [3.05, 3.63) is 35.6 Å². The maximum Gasteiger partial charge on any atom is 1.00 e. The molecule has 0 aromatic heterocycles. The van der Waals surface area contributed by atoms with Gasteiger partial charge in [0.15, 0.2) is 0 Å². The van der Waals surface area contributed by atoms with Gasteiger partial charge in [-0.15, -0.1) is 0 Å². The number of urea groups is 1. The SMILES string of the molecule is COC1CCN(C(=O)NCCc2ccc(F)cc2)C(C(=O)[O-])C1.[K+]. The van der Waals surface area contributed by atoms with Gasteiger partial charge in [0.05, 0.1) is 18.1 Å². The Morgan fingerprint density at radius 1 is 1.38 bits per heavy atom. The predicted molar refractivity (Wildman–Crippen MR) is 79.0 cm³/mol. The van der Waals surface area contributed by atoms with Crippen LogP contribution in [0.1, 0.15) is 18.4 Å². The minimum Gasteiger partial charge on any atom is -0.548 e. The van der Waals surface area contributed by atoms with E-state index in [1.807, 2.05) is 0 Å². The molecule has 1 N–H and O–H groups in total. The maximum absolute atomic E-state index is 12.8. The average Bonchev–Trinajstić information content (AvgIpc) is 2.55. The Balaban J connectivity index is 0.00000288. The molecule has 24 heavy (non-hydrogen) atoms. The number of carbonyl (C=O) groups is 2. The molecule has 1 fully saturated rings. The molecular weight excluding hydrogens is 342 g/mol. The summed E-state index contributed by atoms with van der Waals surface area (Å²) in [6.45, 7) is 0.647. The van der Waals surface area contributed by atoms with Crippen molar-refractivity contribution >= 4 is 12.0 Å². The van der Waals surface area contributed by atoms with E-state index < -0.39 is 18.0 Å². The number of ether oxygens (including phenoxy) is 1. The number of amides is 2. The monoisotopic (exact) mass is 362 g/mol. The van der Waals surface area contributed by atoms with Crippen molar-refractivity contribution in [2.24, 2.45) is 0 Å². The standard InChI is InChI=1S/C16H21FN2O4.K/c1-23-13-7-9-19(14(10-13)15(20)21)16(22)18-8-6-11-2-4-12(17)5-3-11;/h2-5,13-14H,6-10H2,1H3,(H,18,22)(H,20,21);/q;+1/p-1. The smallest absolute Gasteiger partial charge is 0.548 e. The molecule has 1 aliphatic rings. The number of carboxylic acids is 1. The Bertz CT molecular complexity index is 556. The van der Waals surface area contributed by atoms with Gasteiger partial charge in [-0.25, -0.2) is 9.18 Å². The summed E-state index contributed by atoms with van der Waals surface area (Å²) in [5.74, 6) is -1.59. The Labute approximate surface area is 183 Å². The van der Waals surface area contributed by atoms with Crippen LogP contribution in [0.2, 0.25) is 0 Å². The van der Waals surface area contributed by atoms with Crippen LogP contribution in [0.15, 0.2) is 24.3 Å². The van der Waals surface area contributed by atoms with Crippen LogP contribution < -0.4 is 61.8 Å². The number of carbonyl (C=O) groups excluding carboxylic acids is 2. The molecule has 1 heterocycles. The first-order chi connectivity index (χ1) is 11.0. The number of aliphatic carboxylic acids is 1. The van der Waals surface area contributed by atoms with Crippen LogP contribution in [0.4, 0.5) is 9.18 Å². The number of hydrogen-bond donors (Lipinski definition) is 1. The molecular formula is C16H20FKN2O4. The van der Waals surface area contributed by atoms with Crippen LogP contribution in [0.25, 0.3) is 0 Å². The van der Waals surface area contributed by atoms with Gasteiger partial charge in [-0.05, 0) is 37.0 Å². The van der Waals surface area contributed by atoms with Crippen LogP contribution in [0, 0.1) is 5.82 Å². The van der Waals surface area contributed by atoms with Gasteiger partial charge in [0.25, 0.3) is 0 Å². The van der Waals surface area contributed by atoms with E-state index in [2.05, 4.69) is 5.32 Å². The van der Waals surface area contributed by atoms with Crippen LogP contribution in [0.5, 0.6) is 0 Å². The van der Waals surface area contributed by atoms with Crippen LogP contribution in [0.3, 0.4) is 0 Å². The molecule has 8 heteroatoms. The number of benzene rings is 1.